The van der Waals surface area contributed by atoms with Crippen LogP contribution in [0.2, 0.25) is 0 Å². The Morgan fingerprint density at radius 3 is 2.85 bits per heavy atom. The number of ether oxygens (including phenoxy) is 1. The molecule has 6 heteroatoms. The number of hydrogen-bond acceptors (Lipinski definition) is 4. The van der Waals surface area contributed by atoms with E-state index in [0.29, 0.717) is 18.0 Å². The number of hydrogen-bond donors (Lipinski definition) is 1. The van der Waals surface area contributed by atoms with E-state index in [4.69, 9.17) is 4.74 Å². The second-order valence-corrected chi connectivity index (χ2v) is 7.77. The maximum absolute atomic E-state index is 12.5. The van der Waals surface area contributed by atoms with Crippen molar-refractivity contribution < 1.29 is 9.53 Å². The van der Waals surface area contributed by atoms with Crippen LogP contribution in [0, 0.1) is 20.8 Å². The maximum Gasteiger partial charge on any atom is 0.261 e. The molecule has 0 bridgehead atoms. The van der Waals surface area contributed by atoms with Gasteiger partial charge in [0.25, 0.3) is 5.91 Å². The van der Waals surface area contributed by atoms with E-state index >= 15 is 0 Å². The van der Waals surface area contributed by atoms with Gasteiger partial charge in [0, 0.05) is 17.8 Å². The van der Waals surface area contributed by atoms with Gasteiger partial charge in [-0.15, -0.1) is 11.3 Å². The number of thiophene rings is 1. The van der Waals surface area contributed by atoms with Crippen LogP contribution < -0.4 is 10.1 Å². The number of carbonyl (C=O) groups excluding carboxylic acids is 1. The Morgan fingerprint density at radius 1 is 1.30 bits per heavy atom. The Labute approximate surface area is 164 Å². The summed E-state index contributed by atoms with van der Waals surface area (Å²) in [5.74, 6) is 0.824. The summed E-state index contributed by atoms with van der Waals surface area (Å²) >= 11 is 1.44. The zero-order valence-electron chi connectivity index (χ0n) is 16.2. The first-order valence-corrected chi connectivity index (χ1v) is 9.87. The molecule has 3 aromatic rings. The summed E-state index contributed by atoms with van der Waals surface area (Å²) in [7, 11) is 0. The van der Waals surface area contributed by atoms with E-state index < -0.39 is 0 Å². The molecule has 0 saturated heterocycles. The minimum atomic E-state index is -0.0608. The highest BCUT2D eigenvalue weighted by Gasteiger charge is 2.13. The molecular weight excluding hydrogens is 358 g/mol. The standard InChI is InChI=1S/C21H25N3O2S/c1-14-6-5-7-19(17(14)4)26-12-18-10-20(27-13-18)21(25)22-16(3)11-24-9-8-15(2)23-24/h5-10,13,16H,11-12H2,1-4H3,(H,22,25). The monoisotopic (exact) mass is 383 g/mol. The van der Waals surface area contributed by atoms with Crippen LogP contribution in [0.25, 0.3) is 0 Å². The number of rotatable bonds is 7. The van der Waals surface area contributed by atoms with Gasteiger partial charge in [-0.1, -0.05) is 12.1 Å². The van der Waals surface area contributed by atoms with Crippen LogP contribution in [0.1, 0.15) is 39.0 Å². The average Bonchev–Trinajstić information content (AvgIpc) is 3.25. The summed E-state index contributed by atoms with van der Waals surface area (Å²) in [6.45, 7) is 9.16. The zero-order valence-corrected chi connectivity index (χ0v) is 17.0. The van der Waals surface area contributed by atoms with Gasteiger partial charge in [0.2, 0.25) is 0 Å². The van der Waals surface area contributed by atoms with E-state index in [0.717, 1.165) is 22.6 Å². The Balaban J connectivity index is 1.54. The van der Waals surface area contributed by atoms with E-state index in [1.54, 1.807) is 0 Å². The third kappa shape index (κ3) is 4.98. The van der Waals surface area contributed by atoms with Crippen molar-refractivity contribution in [3.8, 4) is 5.75 Å². The molecule has 0 spiro atoms. The largest absolute Gasteiger partial charge is 0.489 e. The fourth-order valence-electron chi connectivity index (χ4n) is 2.80. The molecule has 1 unspecified atom stereocenters. The molecule has 27 heavy (non-hydrogen) atoms. The van der Waals surface area contributed by atoms with Gasteiger partial charge in [-0.3, -0.25) is 9.48 Å². The molecule has 1 atom stereocenters. The number of aryl methyl sites for hydroxylation is 2. The lowest BCUT2D eigenvalue weighted by molar-refractivity contribution is 0.0940. The summed E-state index contributed by atoms with van der Waals surface area (Å²) in [4.78, 5) is 13.2. The number of nitrogens with one attached hydrogen (secondary N) is 1. The quantitative estimate of drug-likeness (QED) is 0.663. The molecule has 1 amide bonds. The molecule has 0 aliphatic rings. The second kappa shape index (κ2) is 8.39. The first-order chi connectivity index (χ1) is 12.9. The predicted molar refractivity (Wildman–Crippen MR) is 108 cm³/mol. The lowest BCUT2D eigenvalue weighted by atomic mass is 10.1. The Kier molecular flexibility index (Phi) is 5.96. The third-order valence-electron chi connectivity index (χ3n) is 4.44. The highest BCUT2D eigenvalue weighted by molar-refractivity contribution is 7.12. The average molecular weight is 384 g/mol. The molecule has 3 rings (SSSR count). The van der Waals surface area contributed by atoms with Crippen molar-refractivity contribution in [2.75, 3.05) is 0 Å². The van der Waals surface area contributed by atoms with Crippen LogP contribution in [0.15, 0.2) is 41.9 Å². The Bertz CT molecular complexity index is 929. The molecule has 2 aromatic heterocycles. The number of aromatic nitrogens is 2. The van der Waals surface area contributed by atoms with E-state index in [1.165, 1.54) is 16.9 Å². The number of carbonyl (C=O) groups is 1. The fraction of sp³-hybridized carbons (Fsp3) is 0.333. The molecule has 0 aliphatic carbocycles. The molecule has 0 saturated carbocycles. The summed E-state index contributed by atoms with van der Waals surface area (Å²) in [6, 6.07) is 9.88. The van der Waals surface area contributed by atoms with Crippen LogP contribution in [0.3, 0.4) is 0 Å². The van der Waals surface area contributed by atoms with Crippen molar-refractivity contribution in [3.05, 3.63) is 69.2 Å². The first kappa shape index (κ1) is 19.2. The van der Waals surface area contributed by atoms with Crippen molar-refractivity contribution in [2.45, 2.75) is 46.9 Å². The summed E-state index contributed by atoms with van der Waals surface area (Å²) < 4.78 is 7.77. The minimum absolute atomic E-state index is 0.00598. The van der Waals surface area contributed by atoms with Gasteiger partial charge in [0.1, 0.15) is 12.4 Å². The van der Waals surface area contributed by atoms with Crippen LogP contribution in [0.4, 0.5) is 0 Å². The molecule has 2 heterocycles. The molecule has 142 valence electrons. The Hall–Kier alpha value is -2.60. The highest BCUT2D eigenvalue weighted by Crippen LogP contribution is 2.23. The minimum Gasteiger partial charge on any atom is -0.489 e. The van der Waals surface area contributed by atoms with E-state index in [2.05, 4.69) is 30.3 Å². The highest BCUT2D eigenvalue weighted by atomic mass is 32.1. The summed E-state index contributed by atoms with van der Waals surface area (Å²) in [5.41, 5.74) is 4.33. The summed E-state index contributed by atoms with van der Waals surface area (Å²) in [6.07, 6.45) is 1.92. The maximum atomic E-state index is 12.5. The lowest BCUT2D eigenvalue weighted by Crippen LogP contribution is -2.35. The summed E-state index contributed by atoms with van der Waals surface area (Å²) in [5, 5.41) is 9.35. The van der Waals surface area contributed by atoms with Gasteiger partial charge in [0.05, 0.1) is 17.1 Å². The molecule has 1 aromatic carbocycles. The fourth-order valence-corrected chi connectivity index (χ4v) is 3.60. The topological polar surface area (TPSA) is 56.2 Å². The van der Waals surface area contributed by atoms with Gasteiger partial charge in [-0.05, 0) is 62.4 Å². The second-order valence-electron chi connectivity index (χ2n) is 6.86. The molecule has 0 aliphatic heterocycles. The van der Waals surface area contributed by atoms with Crippen molar-refractivity contribution in [1.29, 1.82) is 0 Å². The smallest absolute Gasteiger partial charge is 0.261 e. The first-order valence-electron chi connectivity index (χ1n) is 8.99. The van der Waals surface area contributed by atoms with Crippen molar-refractivity contribution in [3.63, 3.8) is 0 Å². The Morgan fingerprint density at radius 2 is 2.11 bits per heavy atom. The van der Waals surface area contributed by atoms with Gasteiger partial charge in [-0.25, -0.2) is 0 Å². The third-order valence-corrected chi connectivity index (χ3v) is 5.42. The van der Waals surface area contributed by atoms with Gasteiger partial charge in [0.15, 0.2) is 0 Å². The van der Waals surface area contributed by atoms with Gasteiger partial charge in [-0.2, -0.15) is 5.10 Å². The molecule has 0 fully saturated rings. The number of amides is 1. The van der Waals surface area contributed by atoms with E-state index in [-0.39, 0.29) is 11.9 Å². The van der Waals surface area contributed by atoms with Crippen molar-refractivity contribution >= 4 is 17.2 Å². The molecule has 0 radical (unpaired) electrons. The molecule has 1 N–H and O–H groups in total. The number of benzene rings is 1. The van der Waals surface area contributed by atoms with Crippen LogP contribution in [-0.4, -0.2) is 21.7 Å². The lowest BCUT2D eigenvalue weighted by Gasteiger charge is -2.13. The number of nitrogens with zero attached hydrogens (tertiary/aromatic N) is 2. The predicted octanol–water partition coefficient (Wildman–Crippen LogP) is 4.27. The molecular formula is C21H25N3O2S. The zero-order chi connectivity index (χ0) is 19.4. The SMILES string of the molecule is Cc1ccn(CC(C)NC(=O)c2cc(COc3cccc(C)c3C)cs2)n1. The van der Waals surface area contributed by atoms with Crippen LogP contribution in [-0.2, 0) is 13.2 Å². The van der Waals surface area contributed by atoms with Crippen molar-refractivity contribution in [2.24, 2.45) is 0 Å². The van der Waals surface area contributed by atoms with E-state index in [1.807, 2.05) is 54.4 Å². The van der Waals surface area contributed by atoms with Gasteiger partial charge < -0.3 is 10.1 Å². The van der Waals surface area contributed by atoms with E-state index in [9.17, 15) is 4.79 Å². The van der Waals surface area contributed by atoms with Crippen LogP contribution >= 0.6 is 11.3 Å². The van der Waals surface area contributed by atoms with Crippen LogP contribution in [0.5, 0.6) is 5.75 Å². The molecule has 5 nitrogen and oxygen atoms in total. The normalized spacial score (nSPS) is 12.0. The van der Waals surface area contributed by atoms with Crippen molar-refractivity contribution in [1.82, 2.24) is 15.1 Å². The van der Waals surface area contributed by atoms with Gasteiger partial charge >= 0.3 is 0 Å².